The highest BCUT2D eigenvalue weighted by Crippen LogP contribution is 2.35. The molecule has 1 heterocycles. The van der Waals surface area contributed by atoms with E-state index in [2.05, 4.69) is 0 Å². The quantitative estimate of drug-likeness (QED) is 0.793. The van der Waals surface area contributed by atoms with E-state index in [1.807, 2.05) is 6.92 Å². The second kappa shape index (κ2) is 3.76. The highest BCUT2D eigenvalue weighted by atomic mass is 35.5. The van der Waals surface area contributed by atoms with Crippen LogP contribution in [0.5, 0.6) is 0 Å². The van der Waals surface area contributed by atoms with Gasteiger partial charge in [-0.15, -0.1) is 11.3 Å². The summed E-state index contributed by atoms with van der Waals surface area (Å²) in [6.07, 6.45) is 0.179. The van der Waals surface area contributed by atoms with Crippen molar-refractivity contribution in [3.8, 4) is 0 Å². The van der Waals surface area contributed by atoms with Crippen LogP contribution in [0.3, 0.4) is 0 Å². The van der Waals surface area contributed by atoms with Crippen LogP contribution in [-0.4, -0.2) is 5.11 Å². The van der Waals surface area contributed by atoms with E-state index in [0.717, 1.165) is 5.56 Å². The van der Waals surface area contributed by atoms with Gasteiger partial charge in [0.2, 0.25) is 0 Å². The molecular weight excluding hydrogens is 203 g/mol. The normalized spacial score (nSPS) is 13.5. The van der Waals surface area contributed by atoms with Crippen molar-refractivity contribution < 1.29 is 5.11 Å². The van der Waals surface area contributed by atoms with Gasteiger partial charge in [0.05, 0.1) is 10.4 Å². The van der Waals surface area contributed by atoms with Gasteiger partial charge in [-0.05, 0) is 12.5 Å². The highest BCUT2D eigenvalue weighted by molar-refractivity contribution is 7.20. The van der Waals surface area contributed by atoms with Gasteiger partial charge in [0.25, 0.3) is 0 Å². The van der Waals surface area contributed by atoms with Crippen molar-refractivity contribution in [2.24, 2.45) is 0 Å². The van der Waals surface area contributed by atoms with Crippen molar-refractivity contribution in [1.82, 2.24) is 0 Å². The van der Waals surface area contributed by atoms with Crippen LogP contribution in [0.1, 0.15) is 25.0 Å². The Morgan fingerprint density at radius 1 is 1.64 bits per heavy atom. The monoisotopic (exact) mass is 210 g/mol. The molecule has 0 bridgehead atoms. The summed E-state index contributed by atoms with van der Waals surface area (Å²) in [6, 6.07) is 1.71. The molecule has 1 atom stereocenters. The number of hydrogen-bond acceptors (Lipinski definition) is 2. The lowest BCUT2D eigenvalue weighted by Crippen LogP contribution is -1.92. The van der Waals surface area contributed by atoms with Crippen molar-refractivity contribution in [2.75, 3.05) is 0 Å². The second-order valence-electron chi connectivity index (χ2n) is 2.20. The molecule has 0 unspecified atom stereocenters. The van der Waals surface area contributed by atoms with Crippen LogP contribution in [-0.2, 0) is 0 Å². The maximum absolute atomic E-state index is 9.39. The number of thiophene rings is 1. The molecule has 0 aliphatic rings. The van der Waals surface area contributed by atoms with E-state index in [1.165, 1.54) is 11.3 Å². The molecule has 11 heavy (non-hydrogen) atoms. The third-order valence-corrected chi connectivity index (χ3v) is 2.95. The summed E-state index contributed by atoms with van der Waals surface area (Å²) in [5.74, 6) is 0. The van der Waals surface area contributed by atoms with Crippen molar-refractivity contribution in [1.29, 1.82) is 0 Å². The van der Waals surface area contributed by atoms with Gasteiger partial charge in [-0.3, -0.25) is 0 Å². The molecule has 0 saturated carbocycles. The van der Waals surface area contributed by atoms with Crippen LogP contribution in [0.15, 0.2) is 6.07 Å². The molecule has 0 amide bonds. The lowest BCUT2D eigenvalue weighted by atomic mass is 10.1. The van der Waals surface area contributed by atoms with Gasteiger partial charge < -0.3 is 5.11 Å². The zero-order chi connectivity index (χ0) is 8.43. The minimum absolute atomic E-state index is 0.480. The fourth-order valence-corrected chi connectivity index (χ4v) is 2.37. The van der Waals surface area contributed by atoms with Crippen molar-refractivity contribution in [3.05, 3.63) is 20.3 Å². The van der Waals surface area contributed by atoms with E-state index < -0.39 is 6.10 Å². The molecule has 62 valence electrons. The van der Waals surface area contributed by atoms with E-state index >= 15 is 0 Å². The molecule has 0 saturated heterocycles. The fraction of sp³-hybridized carbons (Fsp3) is 0.429. The summed E-state index contributed by atoms with van der Waals surface area (Å²) in [6.45, 7) is 1.90. The zero-order valence-electron chi connectivity index (χ0n) is 5.97. The Morgan fingerprint density at radius 2 is 2.27 bits per heavy atom. The van der Waals surface area contributed by atoms with Crippen LogP contribution in [0.4, 0.5) is 0 Å². The summed E-state index contributed by atoms with van der Waals surface area (Å²) < 4.78 is 1.21. The Kier molecular flexibility index (Phi) is 3.19. The maximum Gasteiger partial charge on any atom is 0.100 e. The van der Waals surface area contributed by atoms with Gasteiger partial charge >= 0.3 is 0 Å². The van der Waals surface area contributed by atoms with E-state index in [-0.39, 0.29) is 0 Å². The Labute approximate surface area is 79.6 Å². The average molecular weight is 211 g/mol. The minimum atomic E-state index is -0.480. The molecule has 1 N–H and O–H groups in total. The van der Waals surface area contributed by atoms with Crippen LogP contribution in [0.25, 0.3) is 0 Å². The van der Waals surface area contributed by atoms with Crippen LogP contribution in [0.2, 0.25) is 8.67 Å². The molecule has 0 aromatic carbocycles. The van der Waals surface area contributed by atoms with E-state index in [4.69, 9.17) is 23.2 Å². The molecule has 1 aromatic heterocycles. The molecule has 0 spiro atoms. The average Bonchev–Trinajstić information content (AvgIpc) is 2.28. The van der Waals surface area contributed by atoms with Crippen molar-refractivity contribution >= 4 is 34.5 Å². The number of hydrogen-bond donors (Lipinski definition) is 1. The summed E-state index contributed by atoms with van der Waals surface area (Å²) in [5.41, 5.74) is 0.740. The molecule has 4 heteroatoms. The molecule has 1 rings (SSSR count). The predicted molar refractivity (Wildman–Crippen MR) is 49.6 cm³/mol. The zero-order valence-corrected chi connectivity index (χ0v) is 8.30. The van der Waals surface area contributed by atoms with Gasteiger partial charge in [-0.1, -0.05) is 30.1 Å². The fourth-order valence-electron chi connectivity index (χ4n) is 0.800. The summed E-state index contributed by atoms with van der Waals surface area (Å²) in [7, 11) is 0. The van der Waals surface area contributed by atoms with Crippen molar-refractivity contribution in [3.63, 3.8) is 0 Å². The summed E-state index contributed by atoms with van der Waals surface area (Å²) >= 11 is 12.8. The molecule has 0 aliphatic heterocycles. The molecule has 0 radical (unpaired) electrons. The summed E-state index contributed by atoms with van der Waals surface area (Å²) in [4.78, 5) is 0. The lowest BCUT2D eigenvalue weighted by molar-refractivity contribution is 0.174. The van der Waals surface area contributed by atoms with Gasteiger partial charge in [0, 0.05) is 5.56 Å². The van der Waals surface area contributed by atoms with Gasteiger partial charge in [-0.25, -0.2) is 0 Å². The first-order valence-electron chi connectivity index (χ1n) is 3.28. The van der Waals surface area contributed by atoms with Crippen LogP contribution >= 0.6 is 34.5 Å². The molecule has 1 nitrogen and oxygen atoms in total. The van der Waals surface area contributed by atoms with Crippen molar-refractivity contribution in [2.45, 2.75) is 19.4 Å². The Morgan fingerprint density at radius 3 is 2.64 bits per heavy atom. The number of halogens is 2. The second-order valence-corrected chi connectivity index (χ2v) is 4.49. The number of aliphatic hydroxyl groups excluding tert-OH is 1. The Bertz CT molecular complexity index is 247. The minimum Gasteiger partial charge on any atom is -0.388 e. The Hall–Kier alpha value is 0.240. The number of aliphatic hydroxyl groups is 1. The van der Waals surface area contributed by atoms with E-state index in [1.54, 1.807) is 6.07 Å². The largest absolute Gasteiger partial charge is 0.388 e. The standard InChI is InChI=1S/C7H8Cl2OS/c1-2-5(10)4-3-6(8)11-7(4)9/h3,5,10H,2H2,1H3/t5-/m1/s1. The number of rotatable bonds is 2. The van der Waals surface area contributed by atoms with Gasteiger partial charge in [0.1, 0.15) is 4.34 Å². The molecule has 0 fully saturated rings. The lowest BCUT2D eigenvalue weighted by Gasteiger charge is -2.04. The van der Waals surface area contributed by atoms with Crippen LogP contribution < -0.4 is 0 Å². The third kappa shape index (κ3) is 2.09. The Balaban J connectivity index is 2.93. The topological polar surface area (TPSA) is 20.2 Å². The first kappa shape index (κ1) is 9.33. The van der Waals surface area contributed by atoms with E-state index in [9.17, 15) is 5.11 Å². The van der Waals surface area contributed by atoms with Gasteiger partial charge in [-0.2, -0.15) is 0 Å². The molecular formula is C7H8Cl2OS. The highest BCUT2D eigenvalue weighted by Gasteiger charge is 2.12. The summed E-state index contributed by atoms with van der Waals surface area (Å²) in [5, 5.41) is 9.39. The smallest absolute Gasteiger partial charge is 0.100 e. The molecule has 0 aliphatic carbocycles. The first-order chi connectivity index (χ1) is 5.15. The van der Waals surface area contributed by atoms with Gasteiger partial charge in [0.15, 0.2) is 0 Å². The first-order valence-corrected chi connectivity index (χ1v) is 4.85. The van der Waals surface area contributed by atoms with E-state index in [0.29, 0.717) is 15.1 Å². The SMILES string of the molecule is CC[C@@H](O)c1cc(Cl)sc1Cl. The maximum atomic E-state index is 9.39. The molecule has 1 aromatic rings. The predicted octanol–water partition coefficient (Wildman–Crippen LogP) is 3.50. The van der Waals surface area contributed by atoms with Crippen LogP contribution in [0, 0.1) is 0 Å². The third-order valence-electron chi connectivity index (χ3n) is 1.43.